The summed E-state index contributed by atoms with van der Waals surface area (Å²) in [6.45, 7) is 4.08. The fourth-order valence-corrected chi connectivity index (χ4v) is 4.89. The van der Waals surface area contributed by atoms with E-state index < -0.39 is 23.6 Å². The molecule has 3 aromatic rings. The van der Waals surface area contributed by atoms with Gasteiger partial charge in [-0.25, -0.2) is 0 Å². The summed E-state index contributed by atoms with van der Waals surface area (Å²) in [5.41, 5.74) is 3.07. The van der Waals surface area contributed by atoms with Crippen molar-refractivity contribution >= 4 is 63.8 Å². The van der Waals surface area contributed by atoms with Crippen molar-refractivity contribution in [3.05, 3.63) is 92.3 Å². The molecule has 3 amide bonds. The van der Waals surface area contributed by atoms with Gasteiger partial charge in [0.25, 0.3) is 11.1 Å². The van der Waals surface area contributed by atoms with Crippen LogP contribution in [0.15, 0.2) is 65.6 Å². The van der Waals surface area contributed by atoms with Gasteiger partial charge in [-0.2, -0.15) is 0 Å². The topological polar surface area (TPSA) is 84.9 Å². The molecule has 10 heteroatoms. The number of carbonyl (C=O) groups excluding carboxylic acids is 3. The molecule has 1 N–H and O–H groups in total. The van der Waals surface area contributed by atoms with E-state index in [1.54, 1.807) is 36.4 Å². The van der Waals surface area contributed by atoms with Gasteiger partial charge in [0.2, 0.25) is 5.91 Å². The van der Waals surface area contributed by atoms with Gasteiger partial charge < -0.3 is 14.8 Å². The van der Waals surface area contributed by atoms with Crippen molar-refractivity contribution < 1.29 is 23.9 Å². The first-order valence-electron chi connectivity index (χ1n) is 11.7. The number of ether oxygens (including phenoxy) is 2. The number of aryl methyl sites for hydroxylation is 1. The zero-order chi connectivity index (χ0) is 27.2. The van der Waals surface area contributed by atoms with Gasteiger partial charge in [-0.1, -0.05) is 65.2 Å². The molecular weight excluding hydrogens is 547 g/mol. The highest BCUT2D eigenvalue weighted by Gasteiger charge is 2.36. The number of thioether (sulfide) groups is 1. The number of anilines is 1. The van der Waals surface area contributed by atoms with Gasteiger partial charge in [0.15, 0.2) is 11.5 Å². The minimum Gasteiger partial charge on any atom is -0.490 e. The van der Waals surface area contributed by atoms with Crippen LogP contribution in [0.4, 0.5) is 10.5 Å². The minimum atomic E-state index is -0.580. The number of hydrogen-bond acceptors (Lipinski definition) is 6. The smallest absolute Gasteiger partial charge is 0.294 e. The number of rotatable bonds is 9. The van der Waals surface area contributed by atoms with Gasteiger partial charge in [-0.15, -0.1) is 0 Å². The van der Waals surface area contributed by atoms with E-state index in [0.29, 0.717) is 46.0 Å². The van der Waals surface area contributed by atoms with Crippen molar-refractivity contribution in [1.82, 2.24) is 4.90 Å². The summed E-state index contributed by atoms with van der Waals surface area (Å²) in [6.07, 6.45) is 1.54. The van der Waals surface area contributed by atoms with Gasteiger partial charge in [0.05, 0.1) is 27.2 Å². The molecule has 0 unspecified atom stereocenters. The molecule has 0 radical (unpaired) electrons. The van der Waals surface area contributed by atoms with E-state index in [-0.39, 0.29) is 4.91 Å². The van der Waals surface area contributed by atoms with Crippen LogP contribution in [0.25, 0.3) is 6.08 Å². The van der Waals surface area contributed by atoms with E-state index in [1.807, 2.05) is 38.1 Å². The highest BCUT2D eigenvalue weighted by Crippen LogP contribution is 2.39. The van der Waals surface area contributed by atoms with Crippen molar-refractivity contribution in [2.24, 2.45) is 0 Å². The molecule has 0 spiro atoms. The Morgan fingerprint density at radius 3 is 2.47 bits per heavy atom. The first-order valence-corrected chi connectivity index (χ1v) is 13.3. The lowest BCUT2D eigenvalue weighted by Crippen LogP contribution is -2.36. The molecule has 7 nitrogen and oxygen atoms in total. The molecule has 1 fully saturated rings. The zero-order valence-electron chi connectivity index (χ0n) is 20.6. The van der Waals surface area contributed by atoms with Crippen LogP contribution >= 0.6 is 35.0 Å². The maximum absolute atomic E-state index is 12.9. The van der Waals surface area contributed by atoms with Crippen LogP contribution in [0.5, 0.6) is 11.5 Å². The Balaban J connectivity index is 1.49. The number of halogens is 2. The number of benzene rings is 3. The van der Waals surface area contributed by atoms with Crippen molar-refractivity contribution in [3.63, 3.8) is 0 Å². The highest BCUT2D eigenvalue weighted by molar-refractivity contribution is 8.18. The third-order valence-corrected chi connectivity index (χ3v) is 6.97. The van der Waals surface area contributed by atoms with E-state index in [0.717, 1.165) is 27.8 Å². The maximum atomic E-state index is 12.9. The summed E-state index contributed by atoms with van der Waals surface area (Å²) in [6, 6.07) is 18.0. The van der Waals surface area contributed by atoms with Crippen molar-refractivity contribution in [2.45, 2.75) is 20.5 Å². The average Bonchev–Trinajstić information content (AvgIpc) is 3.13. The summed E-state index contributed by atoms with van der Waals surface area (Å²) >= 11 is 13.3. The molecule has 0 saturated carbocycles. The second-order valence-electron chi connectivity index (χ2n) is 8.33. The quantitative estimate of drug-likeness (QED) is 0.280. The first-order chi connectivity index (χ1) is 18.2. The molecule has 196 valence electrons. The number of hydrogen-bond donors (Lipinski definition) is 1. The normalized spacial score (nSPS) is 14.2. The number of amides is 3. The molecule has 0 atom stereocenters. The lowest BCUT2D eigenvalue weighted by molar-refractivity contribution is -0.127. The fraction of sp³-hybridized carbons (Fsp3) is 0.179. The van der Waals surface area contributed by atoms with E-state index in [9.17, 15) is 14.4 Å². The monoisotopic (exact) mass is 570 g/mol. The molecule has 38 heavy (non-hydrogen) atoms. The fourth-order valence-electron chi connectivity index (χ4n) is 3.60. The second-order valence-corrected chi connectivity index (χ2v) is 10.1. The van der Waals surface area contributed by atoms with E-state index in [2.05, 4.69) is 5.32 Å². The molecule has 1 aliphatic heterocycles. The van der Waals surface area contributed by atoms with Crippen LogP contribution in [-0.4, -0.2) is 35.1 Å². The van der Waals surface area contributed by atoms with Crippen molar-refractivity contribution in [2.75, 3.05) is 18.5 Å². The summed E-state index contributed by atoms with van der Waals surface area (Å²) < 4.78 is 11.7. The molecule has 0 aromatic heterocycles. The number of carbonyl (C=O) groups is 3. The predicted molar refractivity (Wildman–Crippen MR) is 151 cm³/mol. The van der Waals surface area contributed by atoms with Gasteiger partial charge in [-0.05, 0) is 67.1 Å². The molecule has 0 bridgehead atoms. The SMILES string of the molecule is CCOc1cc(/C=C2/SC(=O)N(CC(=O)Nc3ccccc3Cl)C2=O)cc(Cl)c1OCc1ccc(C)cc1. The summed E-state index contributed by atoms with van der Waals surface area (Å²) in [5.74, 6) is -0.325. The number of para-hydroxylation sites is 1. The Hall–Kier alpha value is -3.46. The van der Waals surface area contributed by atoms with Gasteiger partial charge in [0.1, 0.15) is 13.2 Å². The summed E-state index contributed by atoms with van der Waals surface area (Å²) in [4.78, 5) is 39.0. The molecule has 4 rings (SSSR count). The molecular formula is C28H24Cl2N2O5S. The second kappa shape index (κ2) is 12.4. The molecule has 1 saturated heterocycles. The minimum absolute atomic E-state index is 0.160. The summed E-state index contributed by atoms with van der Waals surface area (Å²) in [7, 11) is 0. The Morgan fingerprint density at radius 1 is 1.03 bits per heavy atom. The van der Waals surface area contributed by atoms with Gasteiger partial charge in [0, 0.05) is 0 Å². The largest absolute Gasteiger partial charge is 0.490 e. The van der Waals surface area contributed by atoms with Crippen LogP contribution in [0, 0.1) is 6.92 Å². The van der Waals surface area contributed by atoms with Crippen LogP contribution in [0.1, 0.15) is 23.6 Å². The number of nitrogens with one attached hydrogen (secondary N) is 1. The van der Waals surface area contributed by atoms with Crippen LogP contribution in [0.3, 0.4) is 0 Å². The van der Waals surface area contributed by atoms with E-state index in [4.69, 9.17) is 32.7 Å². The third-order valence-electron chi connectivity index (χ3n) is 5.46. The summed E-state index contributed by atoms with van der Waals surface area (Å²) in [5, 5.41) is 2.71. The van der Waals surface area contributed by atoms with Gasteiger partial charge in [-0.3, -0.25) is 19.3 Å². The van der Waals surface area contributed by atoms with Crippen LogP contribution in [-0.2, 0) is 16.2 Å². The Kier molecular flexibility index (Phi) is 8.99. The van der Waals surface area contributed by atoms with Crippen LogP contribution in [0.2, 0.25) is 10.0 Å². The Bertz CT molecular complexity index is 1410. The standard InChI is InChI=1S/C28H24Cl2N2O5S/c1-3-36-23-13-19(12-21(30)26(23)37-16-18-10-8-17(2)9-11-18)14-24-27(34)32(28(35)38-24)15-25(33)31-22-7-5-4-6-20(22)29/h4-14H,3,15-16H2,1-2H3,(H,31,33)/b24-14+. The predicted octanol–water partition coefficient (Wildman–Crippen LogP) is 6.95. The van der Waals surface area contributed by atoms with Gasteiger partial charge >= 0.3 is 0 Å². The average molecular weight is 571 g/mol. The number of imide groups is 1. The van der Waals surface area contributed by atoms with E-state index in [1.165, 1.54) is 6.08 Å². The van der Waals surface area contributed by atoms with Crippen LogP contribution < -0.4 is 14.8 Å². The van der Waals surface area contributed by atoms with Crippen molar-refractivity contribution in [1.29, 1.82) is 0 Å². The molecule has 1 aliphatic rings. The lowest BCUT2D eigenvalue weighted by atomic mass is 10.1. The Labute approximate surface area is 234 Å². The van der Waals surface area contributed by atoms with Crippen molar-refractivity contribution in [3.8, 4) is 11.5 Å². The molecule has 1 heterocycles. The molecule has 0 aliphatic carbocycles. The van der Waals surface area contributed by atoms with E-state index >= 15 is 0 Å². The third kappa shape index (κ3) is 6.69. The lowest BCUT2D eigenvalue weighted by Gasteiger charge is -2.15. The zero-order valence-corrected chi connectivity index (χ0v) is 23.0. The Morgan fingerprint density at radius 2 is 1.76 bits per heavy atom. The maximum Gasteiger partial charge on any atom is 0.294 e. The first kappa shape index (κ1) is 27.6. The molecule has 3 aromatic carbocycles. The highest BCUT2D eigenvalue weighted by atomic mass is 35.5. The number of nitrogens with zero attached hydrogens (tertiary/aromatic N) is 1.